The first-order valence-corrected chi connectivity index (χ1v) is 7.97. The second-order valence-corrected chi connectivity index (χ2v) is 6.58. The van der Waals surface area contributed by atoms with Gasteiger partial charge in [-0.25, -0.2) is 9.78 Å². The fraction of sp³-hybridized carbons (Fsp3) is 0.278. The van der Waals surface area contributed by atoms with E-state index < -0.39 is 11.7 Å². The van der Waals surface area contributed by atoms with Crippen LogP contribution in [0.25, 0.3) is 0 Å². The molecule has 0 aliphatic carbocycles. The zero-order chi connectivity index (χ0) is 18.7. The Bertz CT molecular complexity index is 828. The molecule has 0 unspecified atom stereocenters. The molecule has 0 saturated heterocycles. The van der Waals surface area contributed by atoms with E-state index in [4.69, 9.17) is 14.2 Å². The second-order valence-electron chi connectivity index (χ2n) is 6.58. The van der Waals surface area contributed by atoms with Gasteiger partial charge >= 0.3 is 6.09 Å². The van der Waals surface area contributed by atoms with Crippen LogP contribution in [0.5, 0.6) is 11.5 Å². The molecule has 1 aliphatic rings. The van der Waals surface area contributed by atoms with Crippen LogP contribution in [0.15, 0.2) is 36.5 Å². The van der Waals surface area contributed by atoms with Gasteiger partial charge in [0, 0.05) is 18.0 Å². The van der Waals surface area contributed by atoms with E-state index in [1.807, 2.05) is 0 Å². The zero-order valence-corrected chi connectivity index (χ0v) is 14.7. The number of hydrogen-bond acceptors (Lipinski definition) is 6. The van der Waals surface area contributed by atoms with Crippen LogP contribution in [0.1, 0.15) is 31.1 Å². The molecule has 1 aromatic carbocycles. The van der Waals surface area contributed by atoms with Gasteiger partial charge in [-0.05, 0) is 45.0 Å². The van der Waals surface area contributed by atoms with E-state index in [-0.39, 0.29) is 12.7 Å². The average Bonchev–Trinajstić information content (AvgIpc) is 3.01. The summed E-state index contributed by atoms with van der Waals surface area (Å²) in [4.78, 5) is 28.1. The molecule has 2 N–H and O–H groups in total. The number of nitrogens with zero attached hydrogens (tertiary/aromatic N) is 1. The molecule has 8 nitrogen and oxygen atoms in total. The summed E-state index contributed by atoms with van der Waals surface area (Å²) in [5.74, 6) is 1.18. The highest BCUT2D eigenvalue weighted by Crippen LogP contribution is 2.34. The summed E-state index contributed by atoms with van der Waals surface area (Å²) < 4.78 is 15.6. The van der Waals surface area contributed by atoms with E-state index >= 15 is 0 Å². The lowest BCUT2D eigenvalue weighted by Gasteiger charge is -2.19. The maximum atomic E-state index is 12.3. The SMILES string of the molecule is CC(C)(C)OC(=O)Nc1ccc(C(=O)Nc2ccc3c(c2)OCO3)cn1. The molecular weight excluding hydrogens is 338 g/mol. The number of carbonyl (C=O) groups is 2. The number of fused-ring (bicyclic) bond motifs is 1. The minimum Gasteiger partial charge on any atom is -0.454 e. The van der Waals surface area contributed by atoms with Crippen molar-refractivity contribution in [1.82, 2.24) is 4.98 Å². The Morgan fingerprint density at radius 3 is 2.54 bits per heavy atom. The minimum absolute atomic E-state index is 0.169. The van der Waals surface area contributed by atoms with Gasteiger partial charge in [-0.15, -0.1) is 0 Å². The second kappa shape index (κ2) is 6.91. The summed E-state index contributed by atoms with van der Waals surface area (Å²) in [7, 11) is 0. The third-order valence-electron chi connectivity index (χ3n) is 3.29. The van der Waals surface area contributed by atoms with Crippen molar-refractivity contribution in [2.75, 3.05) is 17.4 Å². The highest BCUT2D eigenvalue weighted by molar-refractivity contribution is 6.04. The molecule has 2 amide bonds. The van der Waals surface area contributed by atoms with Gasteiger partial charge in [-0.3, -0.25) is 10.1 Å². The van der Waals surface area contributed by atoms with Crippen molar-refractivity contribution in [3.63, 3.8) is 0 Å². The number of nitrogens with one attached hydrogen (secondary N) is 2. The lowest BCUT2D eigenvalue weighted by molar-refractivity contribution is 0.0635. The van der Waals surface area contributed by atoms with Crippen molar-refractivity contribution < 1.29 is 23.8 Å². The van der Waals surface area contributed by atoms with Crippen LogP contribution in [-0.4, -0.2) is 29.4 Å². The van der Waals surface area contributed by atoms with Crippen molar-refractivity contribution in [2.45, 2.75) is 26.4 Å². The first-order chi connectivity index (χ1) is 12.3. The van der Waals surface area contributed by atoms with Gasteiger partial charge in [0.25, 0.3) is 5.91 Å². The van der Waals surface area contributed by atoms with Crippen LogP contribution in [0.3, 0.4) is 0 Å². The summed E-state index contributed by atoms with van der Waals surface area (Å²) in [5, 5.41) is 5.26. The number of carbonyl (C=O) groups excluding carboxylic acids is 2. The monoisotopic (exact) mass is 357 g/mol. The average molecular weight is 357 g/mol. The Hall–Kier alpha value is -3.29. The maximum absolute atomic E-state index is 12.3. The van der Waals surface area contributed by atoms with E-state index in [0.29, 0.717) is 28.6 Å². The van der Waals surface area contributed by atoms with Crippen LogP contribution in [-0.2, 0) is 4.74 Å². The number of anilines is 2. The lowest BCUT2D eigenvalue weighted by Crippen LogP contribution is -2.27. The number of ether oxygens (including phenoxy) is 3. The third-order valence-corrected chi connectivity index (χ3v) is 3.29. The van der Waals surface area contributed by atoms with E-state index in [0.717, 1.165) is 0 Å². The van der Waals surface area contributed by atoms with Crippen LogP contribution in [0.4, 0.5) is 16.3 Å². The molecule has 1 aliphatic heterocycles. The number of benzene rings is 1. The largest absolute Gasteiger partial charge is 0.454 e. The van der Waals surface area contributed by atoms with Crippen LogP contribution >= 0.6 is 0 Å². The van der Waals surface area contributed by atoms with Crippen LogP contribution in [0, 0.1) is 0 Å². The number of aromatic nitrogens is 1. The Morgan fingerprint density at radius 1 is 1.08 bits per heavy atom. The van der Waals surface area contributed by atoms with E-state index in [1.165, 1.54) is 12.3 Å². The smallest absolute Gasteiger partial charge is 0.413 e. The predicted octanol–water partition coefficient (Wildman–Crippen LogP) is 3.41. The summed E-state index contributed by atoms with van der Waals surface area (Å²) in [5.41, 5.74) is 0.321. The quantitative estimate of drug-likeness (QED) is 0.873. The molecular formula is C18H19N3O5. The van der Waals surface area contributed by atoms with Crippen molar-refractivity contribution >= 4 is 23.5 Å². The zero-order valence-electron chi connectivity index (χ0n) is 14.7. The molecule has 3 rings (SSSR count). The molecule has 1 aromatic heterocycles. The van der Waals surface area contributed by atoms with E-state index in [9.17, 15) is 9.59 Å². The minimum atomic E-state index is -0.609. The molecule has 8 heteroatoms. The molecule has 2 aromatic rings. The summed E-state index contributed by atoms with van der Waals surface area (Å²) in [6, 6.07) is 8.22. The summed E-state index contributed by atoms with van der Waals surface area (Å²) in [6.07, 6.45) is 0.761. The number of hydrogen-bond donors (Lipinski definition) is 2. The number of amides is 2. The highest BCUT2D eigenvalue weighted by atomic mass is 16.7. The predicted molar refractivity (Wildman–Crippen MR) is 94.6 cm³/mol. The van der Waals surface area contributed by atoms with Crippen LogP contribution < -0.4 is 20.1 Å². The van der Waals surface area contributed by atoms with Crippen molar-refractivity contribution in [3.05, 3.63) is 42.1 Å². The Balaban J connectivity index is 1.61. The molecule has 136 valence electrons. The standard InChI is InChI=1S/C18H19N3O5/c1-18(2,3)26-17(23)21-15-7-4-11(9-19-15)16(22)20-12-5-6-13-14(8-12)25-10-24-13/h4-9H,10H2,1-3H3,(H,20,22)(H,19,21,23). The van der Waals surface area contributed by atoms with Crippen molar-refractivity contribution in [3.8, 4) is 11.5 Å². The molecule has 0 spiro atoms. The Labute approximate surface area is 150 Å². The van der Waals surface area contributed by atoms with Crippen molar-refractivity contribution in [2.24, 2.45) is 0 Å². The maximum Gasteiger partial charge on any atom is 0.413 e. The van der Waals surface area contributed by atoms with Gasteiger partial charge in [0.15, 0.2) is 11.5 Å². The molecule has 26 heavy (non-hydrogen) atoms. The molecule has 0 radical (unpaired) electrons. The van der Waals surface area contributed by atoms with Crippen molar-refractivity contribution in [1.29, 1.82) is 0 Å². The fourth-order valence-electron chi connectivity index (χ4n) is 2.19. The Kier molecular flexibility index (Phi) is 4.66. The normalized spacial score (nSPS) is 12.4. The first-order valence-electron chi connectivity index (χ1n) is 7.97. The van der Waals surface area contributed by atoms with Gasteiger partial charge < -0.3 is 19.5 Å². The number of rotatable bonds is 3. The van der Waals surface area contributed by atoms with Gasteiger partial charge in [0.1, 0.15) is 11.4 Å². The molecule has 0 bridgehead atoms. The third kappa shape index (κ3) is 4.41. The number of pyridine rings is 1. The van der Waals surface area contributed by atoms with Gasteiger partial charge in [0.05, 0.1) is 5.56 Å². The molecule has 2 heterocycles. The molecule has 0 fully saturated rings. The fourth-order valence-corrected chi connectivity index (χ4v) is 2.19. The first kappa shape index (κ1) is 17.5. The summed E-state index contributed by atoms with van der Waals surface area (Å²) >= 11 is 0. The Morgan fingerprint density at radius 2 is 1.85 bits per heavy atom. The molecule has 0 saturated carbocycles. The summed E-state index contributed by atoms with van der Waals surface area (Å²) in [6.45, 7) is 5.47. The van der Waals surface area contributed by atoms with Crippen LogP contribution in [0.2, 0.25) is 0 Å². The van der Waals surface area contributed by atoms with Gasteiger partial charge in [-0.1, -0.05) is 0 Å². The van der Waals surface area contributed by atoms with E-state index in [2.05, 4.69) is 15.6 Å². The van der Waals surface area contributed by atoms with Gasteiger partial charge in [0.2, 0.25) is 6.79 Å². The highest BCUT2D eigenvalue weighted by Gasteiger charge is 2.17. The molecule has 0 atom stereocenters. The lowest BCUT2D eigenvalue weighted by atomic mass is 10.2. The van der Waals surface area contributed by atoms with Gasteiger partial charge in [-0.2, -0.15) is 0 Å². The van der Waals surface area contributed by atoms with E-state index in [1.54, 1.807) is 45.0 Å². The topological polar surface area (TPSA) is 98.8 Å².